The molecule has 0 aromatic carbocycles. The molecule has 0 bridgehead atoms. The number of aliphatic hydroxyl groups excluding tert-OH is 3. The van der Waals surface area contributed by atoms with Crippen molar-refractivity contribution >= 4 is 11.8 Å². The summed E-state index contributed by atoms with van der Waals surface area (Å²) in [5, 5.41) is 51.5. The summed E-state index contributed by atoms with van der Waals surface area (Å²) >= 11 is 0. The van der Waals surface area contributed by atoms with E-state index in [1.54, 1.807) is 13.1 Å². The van der Waals surface area contributed by atoms with E-state index in [9.17, 15) is 30.0 Å². The average Bonchev–Trinajstić information content (AvgIpc) is 2.94. The Morgan fingerprint density at radius 3 is 2.43 bits per heavy atom. The summed E-state index contributed by atoms with van der Waals surface area (Å²) in [5.41, 5.74) is 21.7. The van der Waals surface area contributed by atoms with Gasteiger partial charge >= 0.3 is 0 Å². The molecule has 1 saturated heterocycles. The van der Waals surface area contributed by atoms with Gasteiger partial charge in [-0.2, -0.15) is 0 Å². The average molecular weight is 606 g/mol. The summed E-state index contributed by atoms with van der Waals surface area (Å²) in [6.45, 7) is 1.14. The molecular weight excluding hydrogens is 558 g/mol. The van der Waals surface area contributed by atoms with Crippen LogP contribution in [0.25, 0.3) is 0 Å². The third-order valence-electron chi connectivity index (χ3n) is 7.74. The minimum atomic E-state index is -1.53. The Kier molecular flexibility index (Phi) is 12.4. The molecule has 3 rings (SSSR count). The van der Waals surface area contributed by atoms with Gasteiger partial charge in [-0.3, -0.25) is 9.59 Å². The lowest BCUT2D eigenvalue weighted by Crippen LogP contribution is -2.69. The van der Waals surface area contributed by atoms with Gasteiger partial charge in [-0.1, -0.05) is 0 Å². The Hall–Kier alpha value is -2.00. The van der Waals surface area contributed by atoms with Gasteiger partial charge < -0.3 is 78.3 Å². The first-order valence-electron chi connectivity index (χ1n) is 14.0. The molecule has 0 spiro atoms. The molecule has 2 amide bonds. The van der Waals surface area contributed by atoms with Crippen LogP contribution in [0.1, 0.15) is 26.2 Å². The lowest BCUT2D eigenvalue weighted by atomic mass is 9.83. The van der Waals surface area contributed by atoms with Gasteiger partial charge in [0.05, 0.1) is 37.8 Å². The molecule has 242 valence electrons. The van der Waals surface area contributed by atoms with E-state index in [4.69, 9.17) is 41.9 Å². The molecule has 2 heterocycles. The van der Waals surface area contributed by atoms with Crippen molar-refractivity contribution in [1.82, 2.24) is 16.0 Å². The standard InChI is InChI=1S/C25H47N7O10/c1-25(38)10-39-24(18(36)21(25)30-2)42-20-14(32-22(37)15(33)5-6-26)7-12(29)19(17(20)35)41-23-13(31-16(34)9-28)4-3-11(8-27)40-23/h3,12-15,17-21,23-24,30,33,35-36,38H,4-10,26-29H2,1-2H3,(H,31,34)(H,32,37)/t12-,13+,14+,15-,17-,18+,19+,20-,21+,23+,24+,25-/m0/s1. The van der Waals surface area contributed by atoms with Crippen LogP contribution in [0.5, 0.6) is 0 Å². The third-order valence-corrected chi connectivity index (χ3v) is 7.74. The van der Waals surface area contributed by atoms with Crippen molar-refractivity contribution in [3.8, 4) is 0 Å². The molecule has 17 heteroatoms. The van der Waals surface area contributed by atoms with Crippen LogP contribution in [0.15, 0.2) is 11.8 Å². The topological polar surface area (TPSA) is 292 Å². The lowest BCUT2D eigenvalue weighted by molar-refractivity contribution is -0.304. The fourth-order valence-electron chi connectivity index (χ4n) is 5.48. The van der Waals surface area contributed by atoms with Crippen LogP contribution in [0.4, 0.5) is 0 Å². The number of hydrogen-bond donors (Lipinski definition) is 11. The monoisotopic (exact) mass is 605 g/mol. The van der Waals surface area contributed by atoms with Crippen molar-refractivity contribution in [3.63, 3.8) is 0 Å². The molecule has 42 heavy (non-hydrogen) atoms. The number of nitrogens with one attached hydrogen (secondary N) is 3. The van der Waals surface area contributed by atoms with E-state index in [0.29, 0.717) is 12.2 Å². The number of aliphatic hydroxyl groups is 4. The molecule has 1 aliphatic carbocycles. The van der Waals surface area contributed by atoms with E-state index in [-0.39, 0.29) is 39.1 Å². The van der Waals surface area contributed by atoms with Gasteiger partial charge in [-0.05, 0) is 45.9 Å². The summed E-state index contributed by atoms with van der Waals surface area (Å²) < 4.78 is 23.7. The van der Waals surface area contributed by atoms with Gasteiger partial charge in [0, 0.05) is 6.04 Å². The Morgan fingerprint density at radius 2 is 1.81 bits per heavy atom. The molecule has 0 unspecified atom stereocenters. The third kappa shape index (κ3) is 8.13. The Bertz CT molecular complexity index is 943. The molecule has 2 fully saturated rings. The van der Waals surface area contributed by atoms with Gasteiger partial charge in [0.15, 0.2) is 6.29 Å². The predicted octanol–water partition coefficient (Wildman–Crippen LogP) is -5.87. The van der Waals surface area contributed by atoms with E-state index in [2.05, 4.69) is 16.0 Å². The van der Waals surface area contributed by atoms with Crippen molar-refractivity contribution in [2.75, 3.05) is 33.3 Å². The summed E-state index contributed by atoms with van der Waals surface area (Å²) in [4.78, 5) is 24.7. The van der Waals surface area contributed by atoms with Crippen molar-refractivity contribution in [2.24, 2.45) is 22.9 Å². The highest BCUT2D eigenvalue weighted by atomic mass is 16.7. The van der Waals surface area contributed by atoms with Crippen molar-refractivity contribution in [2.45, 2.75) is 99.1 Å². The van der Waals surface area contributed by atoms with Gasteiger partial charge in [0.2, 0.25) is 18.1 Å². The lowest BCUT2D eigenvalue weighted by Gasteiger charge is -2.49. The van der Waals surface area contributed by atoms with Crippen LogP contribution in [-0.4, -0.2) is 138 Å². The predicted molar refractivity (Wildman–Crippen MR) is 147 cm³/mol. The Labute approximate surface area is 244 Å². The fourth-order valence-corrected chi connectivity index (χ4v) is 5.48. The normalized spacial score (nSPS) is 39.5. The molecule has 0 aromatic heterocycles. The second-order valence-electron chi connectivity index (χ2n) is 11.1. The summed E-state index contributed by atoms with van der Waals surface area (Å²) in [5.74, 6) is -0.793. The van der Waals surface area contributed by atoms with Crippen LogP contribution >= 0.6 is 0 Å². The highest BCUT2D eigenvalue weighted by molar-refractivity contribution is 5.80. The second-order valence-corrected chi connectivity index (χ2v) is 11.1. The number of rotatable bonds is 12. The van der Waals surface area contributed by atoms with Crippen LogP contribution in [0.3, 0.4) is 0 Å². The summed E-state index contributed by atoms with van der Waals surface area (Å²) in [7, 11) is 1.55. The van der Waals surface area contributed by atoms with Crippen molar-refractivity contribution < 1.29 is 49.0 Å². The van der Waals surface area contributed by atoms with Crippen LogP contribution < -0.4 is 38.9 Å². The highest BCUT2D eigenvalue weighted by Gasteiger charge is 2.52. The maximum Gasteiger partial charge on any atom is 0.249 e. The van der Waals surface area contributed by atoms with Gasteiger partial charge in [0.1, 0.15) is 41.9 Å². The van der Waals surface area contributed by atoms with E-state index < -0.39 is 84.7 Å². The second kappa shape index (κ2) is 15.1. The summed E-state index contributed by atoms with van der Waals surface area (Å²) in [6.07, 6.45) is -7.15. The quantitative estimate of drug-likeness (QED) is 0.0987. The molecule has 0 aromatic rings. The number of ether oxygens (including phenoxy) is 4. The van der Waals surface area contributed by atoms with Gasteiger partial charge in [0.25, 0.3) is 0 Å². The number of likely N-dealkylation sites (N-methyl/N-ethyl adjacent to an activating group) is 1. The maximum absolute atomic E-state index is 12.7. The number of nitrogens with two attached hydrogens (primary N) is 4. The Balaban J connectivity index is 1.86. The minimum Gasteiger partial charge on any atom is -0.466 e. The van der Waals surface area contributed by atoms with E-state index in [1.165, 1.54) is 6.92 Å². The Morgan fingerprint density at radius 1 is 1.12 bits per heavy atom. The van der Waals surface area contributed by atoms with Crippen LogP contribution in [0, 0.1) is 0 Å². The number of carbonyl (C=O) groups is 2. The van der Waals surface area contributed by atoms with Gasteiger partial charge in [-0.25, -0.2) is 0 Å². The number of carbonyl (C=O) groups excluding carboxylic acids is 2. The SMILES string of the molecule is CN[C@@H]1[C@@H](O)[C@@H](O[C@@H]2[C@@H](O)[C@H](O[C@H]3OC(CN)=CC[C@H]3NC(=O)CN)[C@@H](N)C[C@H]2NC(=O)[C@@H](O)CCN)OC[C@]1(C)O. The zero-order valence-corrected chi connectivity index (χ0v) is 23.9. The molecule has 0 radical (unpaired) electrons. The molecular formula is C25H47N7O10. The smallest absolute Gasteiger partial charge is 0.249 e. The van der Waals surface area contributed by atoms with Gasteiger partial charge in [-0.15, -0.1) is 0 Å². The first-order valence-corrected chi connectivity index (χ1v) is 14.0. The van der Waals surface area contributed by atoms with E-state index in [1.807, 2.05) is 0 Å². The first kappa shape index (κ1) is 34.5. The van der Waals surface area contributed by atoms with Crippen molar-refractivity contribution in [1.29, 1.82) is 0 Å². The first-order chi connectivity index (χ1) is 19.9. The minimum absolute atomic E-state index is 0.000274. The highest BCUT2D eigenvalue weighted by Crippen LogP contribution is 2.32. The molecule has 3 aliphatic rings. The number of amides is 2. The zero-order valence-electron chi connectivity index (χ0n) is 23.9. The maximum atomic E-state index is 12.7. The molecule has 17 nitrogen and oxygen atoms in total. The van der Waals surface area contributed by atoms with Crippen molar-refractivity contribution in [3.05, 3.63) is 11.8 Å². The molecule has 12 atom stereocenters. The zero-order chi connectivity index (χ0) is 31.2. The molecule has 2 aliphatic heterocycles. The summed E-state index contributed by atoms with van der Waals surface area (Å²) in [6, 6.07) is -3.38. The largest absolute Gasteiger partial charge is 0.466 e. The number of hydrogen-bond acceptors (Lipinski definition) is 15. The fraction of sp³-hybridized carbons (Fsp3) is 0.840. The molecule has 15 N–H and O–H groups in total. The van der Waals surface area contributed by atoms with E-state index in [0.717, 1.165) is 0 Å². The van der Waals surface area contributed by atoms with E-state index >= 15 is 0 Å². The molecule has 1 saturated carbocycles. The van der Waals surface area contributed by atoms with Crippen LogP contribution in [0.2, 0.25) is 0 Å². The van der Waals surface area contributed by atoms with Crippen LogP contribution in [-0.2, 0) is 28.5 Å².